The summed E-state index contributed by atoms with van der Waals surface area (Å²) in [6.45, 7) is 1.99. The third-order valence-electron chi connectivity index (χ3n) is 6.16. The molecule has 1 atom stereocenters. The predicted molar refractivity (Wildman–Crippen MR) is 119 cm³/mol. The summed E-state index contributed by atoms with van der Waals surface area (Å²) >= 11 is 0. The van der Waals surface area contributed by atoms with Crippen molar-refractivity contribution in [2.24, 2.45) is 5.92 Å². The number of carboxylic acids is 1. The van der Waals surface area contributed by atoms with Gasteiger partial charge in [-0.25, -0.2) is 4.79 Å². The van der Waals surface area contributed by atoms with Crippen LogP contribution in [0.4, 0.5) is 4.79 Å². The van der Waals surface area contributed by atoms with Crippen LogP contribution in [-0.4, -0.2) is 53.7 Å². The highest BCUT2D eigenvalue weighted by molar-refractivity contribution is 5.88. The van der Waals surface area contributed by atoms with Crippen LogP contribution in [0.3, 0.4) is 0 Å². The molecule has 1 fully saturated rings. The lowest BCUT2D eigenvalue weighted by atomic mass is 9.98. The van der Waals surface area contributed by atoms with Crippen molar-refractivity contribution in [2.45, 2.75) is 38.1 Å². The standard InChI is InChI=1S/C25H28N2O5/c1-2-22(24(30)27(14-23(28)29)13-16-11-12-16)26-25(31)32-15-21-19-9-5-3-7-17(19)18-8-4-6-10-20(18)21/h3-10,16,21-22H,2,11-15H2,1H3,(H,26,31)(H,28,29)/t22-/m1/s1. The smallest absolute Gasteiger partial charge is 0.407 e. The lowest BCUT2D eigenvalue weighted by Crippen LogP contribution is -2.50. The van der Waals surface area contributed by atoms with Crippen LogP contribution in [0.15, 0.2) is 48.5 Å². The number of nitrogens with one attached hydrogen (secondary N) is 1. The van der Waals surface area contributed by atoms with Crippen LogP contribution in [0.5, 0.6) is 0 Å². The van der Waals surface area contributed by atoms with E-state index in [0.717, 1.165) is 35.1 Å². The lowest BCUT2D eigenvalue weighted by molar-refractivity contribution is -0.145. The molecule has 168 valence electrons. The third kappa shape index (κ3) is 4.77. The first-order valence-corrected chi connectivity index (χ1v) is 11.1. The molecule has 2 aliphatic rings. The Morgan fingerprint density at radius 3 is 2.19 bits per heavy atom. The molecule has 2 amide bonds. The molecule has 0 aliphatic heterocycles. The van der Waals surface area contributed by atoms with Crippen LogP contribution in [0.2, 0.25) is 0 Å². The Bertz CT molecular complexity index is 971. The van der Waals surface area contributed by atoms with E-state index in [-0.39, 0.29) is 25.0 Å². The summed E-state index contributed by atoms with van der Waals surface area (Å²) in [5.41, 5.74) is 4.51. The molecule has 2 aromatic carbocycles. The van der Waals surface area contributed by atoms with Gasteiger partial charge in [0.25, 0.3) is 0 Å². The molecule has 2 aromatic rings. The third-order valence-corrected chi connectivity index (χ3v) is 6.16. The number of benzene rings is 2. The molecule has 0 heterocycles. The lowest BCUT2D eigenvalue weighted by Gasteiger charge is -2.26. The summed E-state index contributed by atoms with van der Waals surface area (Å²) in [4.78, 5) is 38.0. The number of hydrogen-bond acceptors (Lipinski definition) is 4. The molecule has 0 radical (unpaired) electrons. The predicted octanol–water partition coefficient (Wildman–Crippen LogP) is 3.63. The van der Waals surface area contributed by atoms with Crippen molar-refractivity contribution in [3.63, 3.8) is 0 Å². The summed E-state index contributed by atoms with van der Waals surface area (Å²) in [6, 6.07) is 15.3. The average Bonchev–Trinajstić information content (AvgIpc) is 3.55. The van der Waals surface area contributed by atoms with E-state index in [1.807, 2.05) is 36.4 Å². The van der Waals surface area contributed by atoms with Gasteiger partial charge >= 0.3 is 12.1 Å². The van der Waals surface area contributed by atoms with Crippen molar-refractivity contribution in [3.8, 4) is 11.1 Å². The van der Waals surface area contributed by atoms with E-state index in [9.17, 15) is 14.4 Å². The maximum atomic E-state index is 12.9. The largest absolute Gasteiger partial charge is 0.480 e. The highest BCUT2D eigenvalue weighted by Gasteiger charge is 2.33. The zero-order valence-corrected chi connectivity index (χ0v) is 18.1. The van der Waals surface area contributed by atoms with Crippen LogP contribution >= 0.6 is 0 Å². The Labute approximate surface area is 187 Å². The van der Waals surface area contributed by atoms with Crippen molar-refractivity contribution in [3.05, 3.63) is 59.7 Å². The average molecular weight is 437 g/mol. The van der Waals surface area contributed by atoms with Crippen LogP contribution in [-0.2, 0) is 14.3 Å². The van der Waals surface area contributed by atoms with Crippen molar-refractivity contribution >= 4 is 18.0 Å². The number of aliphatic carboxylic acids is 1. The Hall–Kier alpha value is -3.35. The van der Waals surface area contributed by atoms with Gasteiger partial charge in [-0.1, -0.05) is 55.5 Å². The molecule has 1 saturated carbocycles. The van der Waals surface area contributed by atoms with Gasteiger partial charge in [-0.05, 0) is 47.4 Å². The zero-order valence-electron chi connectivity index (χ0n) is 18.1. The van der Waals surface area contributed by atoms with Gasteiger partial charge in [0, 0.05) is 12.5 Å². The second-order valence-corrected chi connectivity index (χ2v) is 8.49. The van der Waals surface area contributed by atoms with E-state index in [1.165, 1.54) is 4.90 Å². The molecule has 32 heavy (non-hydrogen) atoms. The first-order valence-electron chi connectivity index (χ1n) is 11.1. The van der Waals surface area contributed by atoms with Gasteiger partial charge in [0.1, 0.15) is 19.2 Å². The molecule has 0 saturated heterocycles. The van der Waals surface area contributed by atoms with Crippen molar-refractivity contribution in [1.82, 2.24) is 10.2 Å². The minimum Gasteiger partial charge on any atom is -0.480 e. The number of carbonyl (C=O) groups is 3. The molecule has 4 rings (SSSR count). The normalized spacial score (nSPS) is 15.4. The molecule has 7 heteroatoms. The molecule has 0 bridgehead atoms. The number of carbonyl (C=O) groups excluding carboxylic acids is 2. The molecule has 0 spiro atoms. The van der Waals surface area contributed by atoms with E-state index in [0.29, 0.717) is 18.9 Å². The van der Waals surface area contributed by atoms with Gasteiger partial charge < -0.3 is 20.1 Å². The Balaban J connectivity index is 1.39. The summed E-state index contributed by atoms with van der Waals surface area (Å²) in [7, 11) is 0. The maximum Gasteiger partial charge on any atom is 0.407 e. The van der Waals surface area contributed by atoms with E-state index in [4.69, 9.17) is 9.84 Å². The molecule has 0 aromatic heterocycles. The number of fused-ring (bicyclic) bond motifs is 3. The first kappa shape index (κ1) is 21.9. The molecular formula is C25H28N2O5. The van der Waals surface area contributed by atoms with Gasteiger partial charge in [-0.15, -0.1) is 0 Å². The van der Waals surface area contributed by atoms with Crippen LogP contribution in [0.1, 0.15) is 43.2 Å². The van der Waals surface area contributed by atoms with E-state index < -0.39 is 18.1 Å². The van der Waals surface area contributed by atoms with Crippen LogP contribution < -0.4 is 5.32 Å². The Morgan fingerprint density at radius 2 is 1.66 bits per heavy atom. The number of alkyl carbamates (subject to hydrolysis) is 1. The second-order valence-electron chi connectivity index (χ2n) is 8.49. The Kier molecular flexibility index (Phi) is 6.44. The number of rotatable bonds is 9. The zero-order chi connectivity index (χ0) is 22.7. The van der Waals surface area contributed by atoms with E-state index in [1.54, 1.807) is 6.92 Å². The van der Waals surface area contributed by atoms with Crippen molar-refractivity contribution < 1.29 is 24.2 Å². The van der Waals surface area contributed by atoms with Crippen LogP contribution in [0.25, 0.3) is 11.1 Å². The highest BCUT2D eigenvalue weighted by Crippen LogP contribution is 2.44. The molecule has 7 nitrogen and oxygen atoms in total. The highest BCUT2D eigenvalue weighted by atomic mass is 16.5. The number of ether oxygens (including phenoxy) is 1. The number of nitrogens with zero attached hydrogens (tertiary/aromatic N) is 1. The Morgan fingerprint density at radius 1 is 1.06 bits per heavy atom. The monoisotopic (exact) mass is 436 g/mol. The molecule has 2 N–H and O–H groups in total. The summed E-state index contributed by atoms with van der Waals surface area (Å²) in [5.74, 6) is -1.15. The maximum absolute atomic E-state index is 12.9. The molecule has 2 aliphatic carbocycles. The van der Waals surface area contributed by atoms with Crippen molar-refractivity contribution in [1.29, 1.82) is 0 Å². The molecular weight excluding hydrogens is 408 g/mol. The summed E-state index contributed by atoms with van der Waals surface area (Å²) in [6.07, 6.45) is 1.68. The number of amides is 2. The molecule has 0 unspecified atom stereocenters. The van der Waals surface area contributed by atoms with Gasteiger partial charge in [0.2, 0.25) is 5.91 Å². The van der Waals surface area contributed by atoms with Gasteiger partial charge in [0.05, 0.1) is 0 Å². The second kappa shape index (κ2) is 9.42. The van der Waals surface area contributed by atoms with Gasteiger partial charge in [-0.2, -0.15) is 0 Å². The fourth-order valence-electron chi connectivity index (χ4n) is 4.35. The van der Waals surface area contributed by atoms with Crippen molar-refractivity contribution in [2.75, 3.05) is 19.7 Å². The summed E-state index contributed by atoms with van der Waals surface area (Å²) in [5, 5.41) is 11.8. The fraction of sp³-hybridized carbons (Fsp3) is 0.400. The fourth-order valence-corrected chi connectivity index (χ4v) is 4.35. The SMILES string of the molecule is CC[C@@H](NC(=O)OCC1c2ccccc2-c2ccccc21)C(=O)N(CC(=O)O)CC1CC1. The minimum absolute atomic E-state index is 0.0673. The number of hydrogen-bond donors (Lipinski definition) is 2. The minimum atomic E-state index is -1.06. The topological polar surface area (TPSA) is 95.9 Å². The van der Waals surface area contributed by atoms with Gasteiger partial charge in [-0.3, -0.25) is 9.59 Å². The van der Waals surface area contributed by atoms with E-state index >= 15 is 0 Å². The summed E-state index contributed by atoms with van der Waals surface area (Å²) < 4.78 is 5.54. The van der Waals surface area contributed by atoms with Crippen LogP contribution in [0, 0.1) is 5.92 Å². The quantitative estimate of drug-likeness (QED) is 0.626. The van der Waals surface area contributed by atoms with E-state index in [2.05, 4.69) is 17.4 Å². The number of carboxylic acid groups (broad SMARTS) is 1. The first-order chi connectivity index (χ1) is 15.5. The van der Waals surface area contributed by atoms with Gasteiger partial charge in [0.15, 0.2) is 0 Å².